The predicted molar refractivity (Wildman–Crippen MR) is 117 cm³/mol. The molecular weight excluding hydrogens is 417 g/mol. The van der Waals surface area contributed by atoms with Gasteiger partial charge in [-0.25, -0.2) is 9.18 Å². The van der Waals surface area contributed by atoms with Crippen molar-refractivity contribution < 1.29 is 27.9 Å². The lowest BCUT2D eigenvalue weighted by Crippen LogP contribution is -2.27. The summed E-state index contributed by atoms with van der Waals surface area (Å²) >= 11 is 0. The van der Waals surface area contributed by atoms with Crippen LogP contribution in [-0.4, -0.2) is 23.5 Å². The number of anilines is 3. The van der Waals surface area contributed by atoms with Gasteiger partial charge >= 0.3 is 6.09 Å². The van der Waals surface area contributed by atoms with Crippen LogP contribution in [0.3, 0.4) is 0 Å². The first-order valence-electron chi connectivity index (χ1n) is 9.66. The molecule has 3 aromatic rings. The highest BCUT2D eigenvalue weighted by atomic mass is 19.1. The van der Waals surface area contributed by atoms with Crippen molar-refractivity contribution in [1.82, 2.24) is 0 Å². The summed E-state index contributed by atoms with van der Waals surface area (Å²) in [6.45, 7) is 5.13. The van der Waals surface area contributed by atoms with E-state index in [1.165, 1.54) is 30.5 Å². The Hall–Kier alpha value is -4.14. The molecule has 0 spiro atoms. The number of carbonyl (C=O) groups is 3. The maximum Gasteiger partial charge on any atom is 0.412 e. The van der Waals surface area contributed by atoms with E-state index >= 15 is 0 Å². The van der Waals surface area contributed by atoms with Gasteiger partial charge in [-0.05, 0) is 75.4 Å². The number of amides is 3. The predicted octanol–water partition coefficient (Wildman–Crippen LogP) is 5.27. The number of furan rings is 1. The van der Waals surface area contributed by atoms with Gasteiger partial charge in [-0.1, -0.05) is 0 Å². The Kier molecular flexibility index (Phi) is 6.58. The fraction of sp³-hybridized carbons (Fsp3) is 0.174. The van der Waals surface area contributed by atoms with E-state index in [-0.39, 0.29) is 22.7 Å². The normalized spacial score (nSPS) is 10.9. The molecule has 0 aliphatic rings. The minimum Gasteiger partial charge on any atom is -0.459 e. The number of halogens is 1. The van der Waals surface area contributed by atoms with E-state index in [0.717, 1.165) is 12.1 Å². The van der Waals surface area contributed by atoms with Crippen molar-refractivity contribution >= 4 is 35.0 Å². The minimum absolute atomic E-state index is 0.0658. The van der Waals surface area contributed by atoms with E-state index in [1.54, 1.807) is 39.0 Å². The molecule has 1 aromatic heterocycles. The minimum atomic E-state index is -0.740. The van der Waals surface area contributed by atoms with E-state index in [1.807, 2.05) is 0 Å². The number of nitrogens with one attached hydrogen (secondary N) is 3. The van der Waals surface area contributed by atoms with Crippen LogP contribution in [0.2, 0.25) is 0 Å². The van der Waals surface area contributed by atoms with E-state index in [9.17, 15) is 18.8 Å². The van der Waals surface area contributed by atoms with Gasteiger partial charge in [-0.2, -0.15) is 0 Å². The summed E-state index contributed by atoms with van der Waals surface area (Å²) in [6.07, 6.45) is 0.650. The van der Waals surface area contributed by atoms with Crippen molar-refractivity contribution in [3.63, 3.8) is 0 Å². The summed E-state index contributed by atoms with van der Waals surface area (Å²) in [5, 5.41) is 7.70. The average Bonchev–Trinajstić information content (AvgIpc) is 3.24. The quantitative estimate of drug-likeness (QED) is 0.502. The molecule has 0 fully saturated rings. The second-order valence-electron chi connectivity index (χ2n) is 7.78. The number of ether oxygens (including phenoxy) is 1. The molecular formula is C23H22FN3O5. The van der Waals surface area contributed by atoms with Crippen molar-refractivity contribution in [2.75, 3.05) is 16.0 Å². The van der Waals surface area contributed by atoms with Crippen LogP contribution in [0.25, 0.3) is 0 Å². The van der Waals surface area contributed by atoms with Crippen molar-refractivity contribution in [2.24, 2.45) is 0 Å². The lowest BCUT2D eigenvalue weighted by Gasteiger charge is -2.20. The molecule has 0 aliphatic carbocycles. The topological polar surface area (TPSA) is 110 Å². The van der Waals surface area contributed by atoms with E-state index in [0.29, 0.717) is 5.69 Å². The van der Waals surface area contributed by atoms with Gasteiger partial charge in [0.2, 0.25) is 0 Å². The monoisotopic (exact) mass is 439 g/mol. The Labute approximate surface area is 183 Å². The number of hydrogen-bond donors (Lipinski definition) is 3. The zero-order valence-electron chi connectivity index (χ0n) is 17.7. The molecule has 0 unspecified atom stereocenters. The average molecular weight is 439 g/mol. The first kappa shape index (κ1) is 22.5. The standard InChI is InChI=1S/C23H22FN3O5/c1-23(2,3)32-22(30)27-17-11-8-15(24)13-18(17)26-20(28)14-6-9-16(10-7-14)25-21(29)19-5-4-12-31-19/h4-13H,1-3H3,(H,25,29)(H,26,28)(H,27,30). The van der Waals surface area contributed by atoms with E-state index < -0.39 is 29.3 Å². The molecule has 3 rings (SSSR count). The van der Waals surface area contributed by atoms with Crippen molar-refractivity contribution in [1.29, 1.82) is 0 Å². The second kappa shape index (κ2) is 9.34. The van der Waals surface area contributed by atoms with E-state index in [2.05, 4.69) is 16.0 Å². The summed E-state index contributed by atoms with van der Waals surface area (Å²) in [7, 11) is 0. The lowest BCUT2D eigenvalue weighted by atomic mass is 10.1. The SMILES string of the molecule is CC(C)(C)OC(=O)Nc1ccc(F)cc1NC(=O)c1ccc(NC(=O)c2ccco2)cc1. The highest BCUT2D eigenvalue weighted by Crippen LogP contribution is 2.25. The first-order valence-corrected chi connectivity index (χ1v) is 9.66. The summed E-state index contributed by atoms with van der Waals surface area (Å²) in [6, 6.07) is 12.8. The van der Waals surface area contributed by atoms with Crippen LogP contribution >= 0.6 is 0 Å². The molecule has 0 atom stereocenters. The van der Waals surface area contributed by atoms with Gasteiger partial charge in [0.15, 0.2) is 5.76 Å². The Bertz CT molecular complexity index is 1120. The van der Waals surface area contributed by atoms with Crippen LogP contribution in [0, 0.1) is 5.82 Å². The zero-order chi connectivity index (χ0) is 23.3. The maximum atomic E-state index is 13.8. The fourth-order valence-electron chi connectivity index (χ4n) is 2.64. The Morgan fingerprint density at radius 3 is 2.22 bits per heavy atom. The van der Waals surface area contributed by atoms with Gasteiger partial charge in [-0.15, -0.1) is 0 Å². The summed E-state index contributed by atoms with van der Waals surface area (Å²) in [5.74, 6) is -1.40. The fourth-order valence-corrected chi connectivity index (χ4v) is 2.64. The van der Waals surface area contributed by atoms with Crippen molar-refractivity contribution in [2.45, 2.75) is 26.4 Å². The number of carbonyl (C=O) groups excluding carboxylic acids is 3. The molecule has 0 bridgehead atoms. The van der Waals surface area contributed by atoms with Crippen LogP contribution in [0.15, 0.2) is 65.3 Å². The van der Waals surface area contributed by atoms with Crippen LogP contribution in [-0.2, 0) is 4.74 Å². The molecule has 32 heavy (non-hydrogen) atoms. The highest BCUT2D eigenvalue weighted by molar-refractivity contribution is 6.07. The van der Waals surface area contributed by atoms with Gasteiger partial charge in [0.1, 0.15) is 11.4 Å². The molecule has 0 saturated heterocycles. The molecule has 1 heterocycles. The maximum absolute atomic E-state index is 13.8. The first-order chi connectivity index (χ1) is 15.1. The van der Waals surface area contributed by atoms with Gasteiger partial charge < -0.3 is 19.8 Å². The van der Waals surface area contributed by atoms with Crippen LogP contribution in [0.5, 0.6) is 0 Å². The van der Waals surface area contributed by atoms with Crippen molar-refractivity contribution in [3.05, 3.63) is 78.0 Å². The molecule has 166 valence electrons. The third-order valence-corrected chi connectivity index (χ3v) is 4.02. The van der Waals surface area contributed by atoms with E-state index in [4.69, 9.17) is 9.15 Å². The molecule has 3 amide bonds. The molecule has 3 N–H and O–H groups in total. The largest absolute Gasteiger partial charge is 0.459 e. The molecule has 0 radical (unpaired) electrons. The number of benzene rings is 2. The summed E-state index contributed by atoms with van der Waals surface area (Å²) in [5.41, 5.74) is 0.239. The van der Waals surface area contributed by atoms with Crippen molar-refractivity contribution in [3.8, 4) is 0 Å². The number of hydrogen-bond acceptors (Lipinski definition) is 5. The van der Waals surface area contributed by atoms with Crippen LogP contribution < -0.4 is 16.0 Å². The Balaban J connectivity index is 1.69. The third-order valence-electron chi connectivity index (χ3n) is 4.02. The Morgan fingerprint density at radius 2 is 1.59 bits per heavy atom. The second-order valence-corrected chi connectivity index (χ2v) is 7.78. The highest BCUT2D eigenvalue weighted by Gasteiger charge is 2.18. The molecule has 2 aromatic carbocycles. The molecule has 0 aliphatic heterocycles. The van der Waals surface area contributed by atoms with Crippen LogP contribution in [0.1, 0.15) is 41.7 Å². The molecule has 9 heteroatoms. The lowest BCUT2D eigenvalue weighted by molar-refractivity contribution is 0.0635. The number of rotatable bonds is 5. The summed E-state index contributed by atoms with van der Waals surface area (Å²) in [4.78, 5) is 36.7. The van der Waals surface area contributed by atoms with Crippen LogP contribution in [0.4, 0.5) is 26.2 Å². The molecule has 0 saturated carbocycles. The third kappa shape index (κ3) is 6.18. The Morgan fingerprint density at radius 1 is 0.875 bits per heavy atom. The van der Waals surface area contributed by atoms with Gasteiger partial charge in [0.25, 0.3) is 11.8 Å². The van der Waals surface area contributed by atoms with Gasteiger partial charge in [-0.3, -0.25) is 14.9 Å². The van der Waals surface area contributed by atoms with Gasteiger partial charge in [0, 0.05) is 11.3 Å². The summed E-state index contributed by atoms with van der Waals surface area (Å²) < 4.78 is 24.0. The smallest absolute Gasteiger partial charge is 0.412 e. The zero-order valence-corrected chi connectivity index (χ0v) is 17.7. The van der Waals surface area contributed by atoms with Gasteiger partial charge in [0.05, 0.1) is 17.6 Å². The molecule has 8 nitrogen and oxygen atoms in total.